The van der Waals surface area contributed by atoms with E-state index in [9.17, 15) is 18.3 Å². The largest absolute Gasteiger partial charge is 0.508 e. The maximum atomic E-state index is 13.2. The number of amides is 2. The highest BCUT2D eigenvalue weighted by Crippen LogP contribution is 2.34. The molecule has 8 heteroatoms. The lowest BCUT2D eigenvalue weighted by Gasteiger charge is -2.22. The Morgan fingerprint density at radius 2 is 1.68 bits per heavy atom. The fraction of sp³-hybridized carbons (Fsp3) is 0. The van der Waals surface area contributed by atoms with Crippen molar-refractivity contribution in [1.82, 2.24) is 0 Å². The van der Waals surface area contributed by atoms with Crippen LogP contribution < -0.4 is 10.0 Å². The van der Waals surface area contributed by atoms with Crippen molar-refractivity contribution in [2.24, 2.45) is 5.73 Å². The number of fused-ring (bicyclic) bond motifs is 1. The molecule has 3 N–H and O–H groups in total. The molecule has 0 spiro atoms. The molecule has 0 saturated heterocycles. The molecule has 0 saturated carbocycles. The minimum absolute atomic E-state index is 0.0856. The van der Waals surface area contributed by atoms with Crippen LogP contribution in [0.4, 0.5) is 10.5 Å². The van der Waals surface area contributed by atoms with Gasteiger partial charge in [-0.2, -0.15) is 4.31 Å². The van der Waals surface area contributed by atoms with Crippen LogP contribution in [0, 0.1) is 0 Å². The summed E-state index contributed by atoms with van der Waals surface area (Å²) in [5, 5.41) is 10.8. The standard InChI is InChI=1S/C17H13BrN2O4S/c18-14-7-3-4-8-15(14)20(17(19)22)25(23,24)16-10-12(21)9-11-5-1-2-6-13(11)16/h1-10,21H,(H2,19,22). The van der Waals surface area contributed by atoms with Gasteiger partial charge in [0.25, 0.3) is 10.0 Å². The summed E-state index contributed by atoms with van der Waals surface area (Å²) in [6.45, 7) is 0. The molecule has 0 fully saturated rings. The normalized spacial score (nSPS) is 11.4. The van der Waals surface area contributed by atoms with Crippen molar-refractivity contribution >= 4 is 48.4 Å². The van der Waals surface area contributed by atoms with Crippen LogP contribution in [-0.2, 0) is 10.0 Å². The number of rotatable bonds is 3. The van der Waals surface area contributed by atoms with Crippen LogP contribution in [0.1, 0.15) is 0 Å². The van der Waals surface area contributed by atoms with Gasteiger partial charge in [-0.25, -0.2) is 13.2 Å². The van der Waals surface area contributed by atoms with Crippen LogP contribution >= 0.6 is 15.9 Å². The van der Waals surface area contributed by atoms with E-state index in [1.54, 1.807) is 42.5 Å². The quantitative estimate of drug-likeness (QED) is 0.675. The van der Waals surface area contributed by atoms with Crippen LogP contribution in [0.25, 0.3) is 10.8 Å². The average molecular weight is 421 g/mol. The number of anilines is 1. The van der Waals surface area contributed by atoms with Crippen molar-refractivity contribution in [2.45, 2.75) is 4.90 Å². The smallest absolute Gasteiger partial charge is 0.333 e. The van der Waals surface area contributed by atoms with E-state index in [0.29, 0.717) is 19.6 Å². The van der Waals surface area contributed by atoms with Gasteiger partial charge in [-0.1, -0.05) is 36.4 Å². The first-order valence-electron chi connectivity index (χ1n) is 7.13. The minimum atomic E-state index is -4.36. The zero-order valence-corrected chi connectivity index (χ0v) is 15.2. The summed E-state index contributed by atoms with van der Waals surface area (Å²) in [6, 6.07) is 14.4. The summed E-state index contributed by atoms with van der Waals surface area (Å²) in [6.07, 6.45) is 0. The molecule has 0 bridgehead atoms. The Kier molecular flexibility index (Phi) is 4.40. The molecule has 0 radical (unpaired) electrons. The predicted molar refractivity (Wildman–Crippen MR) is 99.0 cm³/mol. The van der Waals surface area contributed by atoms with E-state index in [4.69, 9.17) is 5.73 Å². The molecule has 128 valence electrons. The maximum Gasteiger partial charge on any atom is 0.333 e. The highest BCUT2D eigenvalue weighted by molar-refractivity contribution is 9.10. The first kappa shape index (κ1) is 17.2. The van der Waals surface area contributed by atoms with Crippen molar-refractivity contribution in [2.75, 3.05) is 4.31 Å². The van der Waals surface area contributed by atoms with Crippen molar-refractivity contribution < 1.29 is 18.3 Å². The maximum absolute atomic E-state index is 13.2. The number of urea groups is 1. The molecule has 6 nitrogen and oxygen atoms in total. The molecule has 0 aliphatic rings. The molecule has 0 aliphatic heterocycles. The number of phenols is 1. The lowest BCUT2D eigenvalue weighted by atomic mass is 10.1. The van der Waals surface area contributed by atoms with Crippen LogP contribution in [0.2, 0.25) is 0 Å². The van der Waals surface area contributed by atoms with E-state index in [2.05, 4.69) is 15.9 Å². The number of benzene rings is 3. The molecule has 0 aliphatic carbocycles. The van der Waals surface area contributed by atoms with Gasteiger partial charge < -0.3 is 10.8 Å². The van der Waals surface area contributed by atoms with Gasteiger partial charge in [0.2, 0.25) is 0 Å². The Hall–Kier alpha value is -2.58. The topological polar surface area (TPSA) is 101 Å². The molecule has 3 aromatic rings. The number of sulfonamides is 1. The lowest BCUT2D eigenvalue weighted by Crippen LogP contribution is -2.41. The predicted octanol–water partition coefficient (Wildman–Crippen LogP) is 3.58. The van der Waals surface area contributed by atoms with Crippen LogP contribution in [0.15, 0.2) is 70.0 Å². The molecular formula is C17H13BrN2O4S. The van der Waals surface area contributed by atoms with E-state index in [1.807, 2.05) is 0 Å². The number of carbonyl (C=O) groups excluding carboxylic acids is 1. The SMILES string of the molecule is NC(=O)N(c1ccccc1Br)S(=O)(=O)c1cc(O)cc2ccccc12. The van der Waals surface area contributed by atoms with Crippen molar-refractivity contribution in [1.29, 1.82) is 0 Å². The second-order valence-electron chi connectivity index (χ2n) is 5.22. The van der Waals surface area contributed by atoms with E-state index in [1.165, 1.54) is 12.1 Å². The Bertz CT molecular complexity index is 1080. The van der Waals surface area contributed by atoms with Gasteiger partial charge in [0.05, 0.1) is 10.6 Å². The molecule has 3 rings (SSSR count). The van der Waals surface area contributed by atoms with Gasteiger partial charge in [-0.3, -0.25) is 0 Å². The number of aromatic hydroxyl groups is 1. The Morgan fingerprint density at radius 1 is 1.04 bits per heavy atom. The van der Waals surface area contributed by atoms with Gasteiger partial charge in [0.1, 0.15) is 5.75 Å². The van der Waals surface area contributed by atoms with Gasteiger partial charge in [-0.05, 0) is 39.5 Å². The third-order valence-electron chi connectivity index (χ3n) is 3.60. The molecule has 2 amide bonds. The van der Waals surface area contributed by atoms with Gasteiger partial charge in [0.15, 0.2) is 0 Å². The lowest BCUT2D eigenvalue weighted by molar-refractivity contribution is 0.257. The average Bonchev–Trinajstić information content (AvgIpc) is 2.55. The number of hydrogen-bond donors (Lipinski definition) is 2. The highest BCUT2D eigenvalue weighted by Gasteiger charge is 2.32. The minimum Gasteiger partial charge on any atom is -0.508 e. The number of primary amides is 1. The highest BCUT2D eigenvalue weighted by atomic mass is 79.9. The molecule has 3 aromatic carbocycles. The van der Waals surface area contributed by atoms with E-state index in [0.717, 1.165) is 6.07 Å². The third-order valence-corrected chi connectivity index (χ3v) is 6.02. The van der Waals surface area contributed by atoms with Crippen molar-refractivity contribution in [3.05, 3.63) is 65.1 Å². The number of nitrogens with two attached hydrogens (primary N) is 1. The Morgan fingerprint density at radius 3 is 2.36 bits per heavy atom. The first-order valence-corrected chi connectivity index (χ1v) is 9.37. The molecular weight excluding hydrogens is 408 g/mol. The van der Waals surface area contributed by atoms with E-state index >= 15 is 0 Å². The van der Waals surface area contributed by atoms with Crippen molar-refractivity contribution in [3.8, 4) is 5.75 Å². The van der Waals surface area contributed by atoms with Gasteiger partial charge in [0, 0.05) is 15.9 Å². The number of hydrogen-bond acceptors (Lipinski definition) is 4. The number of halogens is 1. The fourth-order valence-electron chi connectivity index (χ4n) is 2.56. The molecule has 0 aromatic heterocycles. The molecule has 0 atom stereocenters. The van der Waals surface area contributed by atoms with Crippen LogP contribution in [0.3, 0.4) is 0 Å². The Balaban J connectivity index is 2.31. The summed E-state index contributed by atoms with van der Waals surface area (Å²) in [5.41, 5.74) is 5.45. The Labute approximate surface area is 152 Å². The summed E-state index contributed by atoms with van der Waals surface area (Å²) < 4.78 is 27.3. The zero-order chi connectivity index (χ0) is 18.2. The second kappa shape index (κ2) is 6.38. The summed E-state index contributed by atoms with van der Waals surface area (Å²) >= 11 is 3.23. The van der Waals surface area contributed by atoms with Gasteiger partial charge in [-0.15, -0.1) is 0 Å². The number of phenolic OH excluding ortho intramolecular Hbond substituents is 1. The summed E-state index contributed by atoms with van der Waals surface area (Å²) in [5.74, 6) is -0.228. The fourth-order valence-corrected chi connectivity index (χ4v) is 4.72. The number of carbonyl (C=O) groups is 1. The molecule has 0 unspecified atom stereocenters. The van der Waals surface area contributed by atoms with E-state index < -0.39 is 16.1 Å². The third kappa shape index (κ3) is 3.06. The molecule has 0 heterocycles. The summed E-state index contributed by atoms with van der Waals surface area (Å²) in [4.78, 5) is 11.8. The van der Waals surface area contributed by atoms with Crippen LogP contribution in [0.5, 0.6) is 5.75 Å². The second-order valence-corrected chi connectivity index (χ2v) is 7.83. The summed E-state index contributed by atoms with van der Waals surface area (Å²) in [7, 11) is -4.36. The first-order chi connectivity index (χ1) is 11.8. The van der Waals surface area contributed by atoms with Crippen LogP contribution in [-0.4, -0.2) is 19.6 Å². The van der Waals surface area contributed by atoms with Crippen molar-refractivity contribution in [3.63, 3.8) is 0 Å². The zero-order valence-electron chi connectivity index (χ0n) is 12.8. The molecule has 25 heavy (non-hydrogen) atoms. The number of para-hydroxylation sites is 1. The van der Waals surface area contributed by atoms with Gasteiger partial charge >= 0.3 is 6.03 Å². The number of nitrogens with zero attached hydrogens (tertiary/aromatic N) is 1. The monoisotopic (exact) mass is 420 g/mol. The van der Waals surface area contributed by atoms with E-state index in [-0.39, 0.29) is 16.3 Å².